The summed E-state index contributed by atoms with van der Waals surface area (Å²) >= 11 is 0. The summed E-state index contributed by atoms with van der Waals surface area (Å²) in [5.41, 5.74) is 1.20. The van der Waals surface area contributed by atoms with E-state index in [1.165, 1.54) is 6.33 Å². The summed E-state index contributed by atoms with van der Waals surface area (Å²) in [6.45, 7) is 0. The van der Waals surface area contributed by atoms with E-state index >= 15 is 0 Å². The number of hydrogen-bond donors (Lipinski definition) is 1. The molecule has 0 saturated carbocycles. The Morgan fingerprint density at radius 1 is 1.33 bits per heavy atom. The number of pyridine rings is 1. The lowest BCUT2D eigenvalue weighted by molar-refractivity contribution is -0.385. The number of nitrogens with zero attached hydrogens (tertiary/aromatic N) is 4. The number of nitro groups is 1. The number of anilines is 1. The zero-order valence-corrected chi connectivity index (χ0v) is 9.70. The van der Waals surface area contributed by atoms with E-state index in [9.17, 15) is 10.1 Å². The first-order chi connectivity index (χ1) is 8.72. The molecule has 0 fully saturated rings. The van der Waals surface area contributed by atoms with E-state index in [0.717, 1.165) is 5.56 Å². The molecule has 0 spiro atoms. The predicted octanol–water partition coefficient (Wildman–Crippen LogP) is 1.41. The van der Waals surface area contributed by atoms with Gasteiger partial charge in [-0.25, -0.2) is 9.97 Å². The maximum atomic E-state index is 11.1. The standard InChI is InChI=1S/C11H11N5O2/c1-12-11-10(16(17)18)9(14-7-15-11)6-8-2-4-13-5-3-8/h2-5,7H,6H2,1H3,(H,12,14,15). The van der Waals surface area contributed by atoms with Crippen LogP contribution in [0.1, 0.15) is 11.3 Å². The molecule has 0 aliphatic heterocycles. The van der Waals surface area contributed by atoms with E-state index in [-0.39, 0.29) is 11.5 Å². The molecule has 7 heteroatoms. The van der Waals surface area contributed by atoms with Crippen molar-refractivity contribution in [3.63, 3.8) is 0 Å². The zero-order valence-electron chi connectivity index (χ0n) is 9.70. The third-order valence-corrected chi connectivity index (χ3v) is 2.44. The predicted molar refractivity (Wildman–Crippen MR) is 65.3 cm³/mol. The molecule has 7 nitrogen and oxygen atoms in total. The molecule has 0 radical (unpaired) electrons. The van der Waals surface area contributed by atoms with Crippen LogP contribution in [0.2, 0.25) is 0 Å². The van der Waals surface area contributed by atoms with Crippen LogP contribution in [0.15, 0.2) is 30.9 Å². The first kappa shape index (κ1) is 11.9. The topological polar surface area (TPSA) is 93.8 Å². The van der Waals surface area contributed by atoms with E-state index in [2.05, 4.69) is 20.3 Å². The highest BCUT2D eigenvalue weighted by Crippen LogP contribution is 2.25. The molecule has 2 heterocycles. The van der Waals surface area contributed by atoms with E-state index in [1.54, 1.807) is 31.6 Å². The molecule has 2 rings (SSSR count). The molecule has 0 aliphatic carbocycles. The Bertz CT molecular complexity index is 559. The number of rotatable bonds is 4. The first-order valence-electron chi connectivity index (χ1n) is 5.27. The van der Waals surface area contributed by atoms with Crippen LogP contribution in [0.5, 0.6) is 0 Å². The largest absolute Gasteiger partial charge is 0.367 e. The summed E-state index contributed by atoms with van der Waals surface area (Å²) in [6, 6.07) is 3.59. The van der Waals surface area contributed by atoms with Gasteiger partial charge < -0.3 is 5.32 Å². The van der Waals surface area contributed by atoms with E-state index in [4.69, 9.17) is 0 Å². The van der Waals surface area contributed by atoms with Crippen molar-refractivity contribution in [2.24, 2.45) is 0 Å². The second-order valence-electron chi connectivity index (χ2n) is 3.56. The first-order valence-corrected chi connectivity index (χ1v) is 5.27. The molecule has 0 saturated heterocycles. The molecular formula is C11H11N5O2. The van der Waals surface area contributed by atoms with Crippen LogP contribution in [-0.4, -0.2) is 26.9 Å². The van der Waals surface area contributed by atoms with Gasteiger partial charge in [-0.3, -0.25) is 15.1 Å². The summed E-state index contributed by atoms with van der Waals surface area (Å²) in [4.78, 5) is 22.3. The maximum absolute atomic E-state index is 11.1. The molecule has 18 heavy (non-hydrogen) atoms. The Morgan fingerprint density at radius 2 is 2.06 bits per heavy atom. The highest BCUT2D eigenvalue weighted by atomic mass is 16.6. The SMILES string of the molecule is CNc1ncnc(Cc2ccncc2)c1[N+](=O)[O-]. The molecule has 2 aromatic heterocycles. The minimum absolute atomic E-state index is 0.0863. The Hall–Kier alpha value is -2.57. The van der Waals surface area contributed by atoms with Gasteiger partial charge in [0, 0.05) is 25.9 Å². The Labute approximate surface area is 103 Å². The van der Waals surface area contributed by atoms with Crippen molar-refractivity contribution in [3.05, 3.63) is 52.2 Å². The van der Waals surface area contributed by atoms with Gasteiger partial charge in [0.15, 0.2) is 0 Å². The summed E-state index contributed by atoms with van der Waals surface area (Å²) in [5, 5.41) is 13.8. The van der Waals surface area contributed by atoms with Gasteiger partial charge in [-0.2, -0.15) is 0 Å². The summed E-state index contributed by atoms with van der Waals surface area (Å²) in [6.07, 6.45) is 4.97. The third-order valence-electron chi connectivity index (χ3n) is 2.44. The van der Waals surface area contributed by atoms with E-state index < -0.39 is 4.92 Å². The van der Waals surface area contributed by atoms with E-state index in [1.807, 2.05) is 0 Å². The lowest BCUT2D eigenvalue weighted by Crippen LogP contribution is -2.05. The van der Waals surface area contributed by atoms with Gasteiger partial charge in [-0.1, -0.05) is 0 Å². The summed E-state index contributed by atoms with van der Waals surface area (Å²) < 4.78 is 0. The number of hydrogen-bond acceptors (Lipinski definition) is 6. The van der Waals surface area contributed by atoms with Crippen molar-refractivity contribution < 1.29 is 4.92 Å². The lowest BCUT2D eigenvalue weighted by Gasteiger charge is -2.05. The second-order valence-corrected chi connectivity index (χ2v) is 3.56. The van der Waals surface area contributed by atoms with Crippen LogP contribution in [0, 0.1) is 10.1 Å². The highest BCUT2D eigenvalue weighted by molar-refractivity contribution is 5.58. The van der Waals surface area contributed by atoms with Gasteiger partial charge in [-0.05, 0) is 17.7 Å². The van der Waals surface area contributed by atoms with Crippen molar-refractivity contribution in [1.29, 1.82) is 0 Å². The molecule has 0 atom stereocenters. The van der Waals surface area contributed by atoms with Gasteiger partial charge in [-0.15, -0.1) is 0 Å². The number of nitrogens with one attached hydrogen (secondary N) is 1. The normalized spacial score (nSPS) is 10.1. The van der Waals surface area contributed by atoms with Crippen LogP contribution >= 0.6 is 0 Å². The fourth-order valence-corrected chi connectivity index (χ4v) is 1.61. The third kappa shape index (κ3) is 2.40. The molecule has 1 N–H and O–H groups in total. The molecular weight excluding hydrogens is 234 g/mol. The van der Waals surface area contributed by atoms with Gasteiger partial charge in [0.25, 0.3) is 0 Å². The average molecular weight is 245 g/mol. The lowest BCUT2D eigenvalue weighted by atomic mass is 10.1. The second kappa shape index (κ2) is 5.17. The minimum atomic E-state index is -0.470. The van der Waals surface area contributed by atoms with Gasteiger partial charge >= 0.3 is 5.69 Å². The van der Waals surface area contributed by atoms with E-state index in [0.29, 0.717) is 12.1 Å². The van der Waals surface area contributed by atoms with Crippen molar-refractivity contribution in [3.8, 4) is 0 Å². The molecule has 0 amide bonds. The van der Waals surface area contributed by atoms with Crippen LogP contribution in [0.3, 0.4) is 0 Å². The molecule has 0 unspecified atom stereocenters. The van der Waals surface area contributed by atoms with Gasteiger partial charge in [0.2, 0.25) is 5.82 Å². The molecule has 0 bridgehead atoms. The summed E-state index contributed by atoms with van der Waals surface area (Å²) in [5.74, 6) is 0.221. The van der Waals surface area contributed by atoms with Crippen molar-refractivity contribution in [2.75, 3.05) is 12.4 Å². The van der Waals surface area contributed by atoms with Crippen molar-refractivity contribution in [1.82, 2.24) is 15.0 Å². The highest BCUT2D eigenvalue weighted by Gasteiger charge is 2.21. The maximum Gasteiger partial charge on any atom is 0.332 e. The minimum Gasteiger partial charge on any atom is -0.367 e. The zero-order chi connectivity index (χ0) is 13.0. The van der Waals surface area contributed by atoms with Crippen molar-refractivity contribution in [2.45, 2.75) is 6.42 Å². The molecule has 0 aliphatic rings. The number of aromatic nitrogens is 3. The molecule has 0 aromatic carbocycles. The average Bonchev–Trinajstić information content (AvgIpc) is 2.39. The fraction of sp³-hybridized carbons (Fsp3) is 0.182. The molecule has 2 aromatic rings. The fourth-order valence-electron chi connectivity index (χ4n) is 1.61. The van der Waals surface area contributed by atoms with Crippen molar-refractivity contribution >= 4 is 11.5 Å². The monoisotopic (exact) mass is 245 g/mol. The van der Waals surface area contributed by atoms with Crippen LogP contribution in [-0.2, 0) is 6.42 Å². The van der Waals surface area contributed by atoms with Crippen LogP contribution in [0.25, 0.3) is 0 Å². The smallest absolute Gasteiger partial charge is 0.332 e. The van der Waals surface area contributed by atoms with Crippen LogP contribution in [0.4, 0.5) is 11.5 Å². The molecule has 92 valence electrons. The quantitative estimate of drug-likeness (QED) is 0.646. The van der Waals surface area contributed by atoms with Gasteiger partial charge in [0.05, 0.1) is 4.92 Å². The Kier molecular flexibility index (Phi) is 3.42. The van der Waals surface area contributed by atoms with Crippen LogP contribution < -0.4 is 5.32 Å². The Balaban J connectivity index is 2.42. The Morgan fingerprint density at radius 3 is 2.67 bits per heavy atom. The summed E-state index contributed by atoms with van der Waals surface area (Å²) in [7, 11) is 1.59. The van der Waals surface area contributed by atoms with Gasteiger partial charge in [0.1, 0.15) is 12.0 Å².